The third kappa shape index (κ3) is 4.24. The number of rotatable bonds is 3. The van der Waals surface area contributed by atoms with E-state index in [-0.39, 0.29) is 0 Å². The predicted octanol–water partition coefficient (Wildman–Crippen LogP) is 11.6. The van der Waals surface area contributed by atoms with E-state index in [0.29, 0.717) is 22.3 Å². The van der Waals surface area contributed by atoms with Gasteiger partial charge in [-0.2, -0.15) is 0 Å². The van der Waals surface area contributed by atoms with E-state index in [1.807, 2.05) is 78.9 Å². The smallest absolute Gasteiger partial charge is 0.141 e. The van der Waals surface area contributed by atoms with E-state index < -0.39 is 11.2 Å². The lowest BCUT2D eigenvalue weighted by molar-refractivity contribution is 0.0750. The zero-order chi connectivity index (χ0) is 35.3. The van der Waals surface area contributed by atoms with Gasteiger partial charge in [-0.25, -0.2) is 0 Å². The largest absolute Gasteiger partial charge is 0.456 e. The number of furan rings is 1. The van der Waals surface area contributed by atoms with Gasteiger partial charge >= 0.3 is 0 Å². The lowest BCUT2D eigenvalue weighted by atomic mass is 9.63. The molecule has 0 saturated heterocycles. The van der Waals surface area contributed by atoms with Gasteiger partial charge in [0.15, 0.2) is 0 Å². The maximum absolute atomic E-state index is 13.5. The Bertz CT molecular complexity index is 3120. The van der Waals surface area contributed by atoms with Gasteiger partial charge in [0.2, 0.25) is 0 Å². The van der Waals surface area contributed by atoms with E-state index >= 15 is 0 Å². The Morgan fingerprint density at radius 3 is 1.51 bits per heavy atom. The molecule has 2 unspecified atom stereocenters. The second kappa shape index (κ2) is 11.0. The lowest BCUT2D eigenvalue weighted by Gasteiger charge is -2.45. The summed E-state index contributed by atoms with van der Waals surface area (Å²) in [4.78, 5) is 0. The summed E-state index contributed by atoms with van der Waals surface area (Å²) in [5, 5.41) is 35.5. The van der Waals surface area contributed by atoms with Crippen LogP contribution in [0.3, 0.4) is 0 Å². The Morgan fingerprint density at radius 1 is 0.340 bits per heavy atom. The average Bonchev–Trinajstić information content (AvgIpc) is 3.61. The Labute approximate surface area is 305 Å². The molecule has 0 saturated carbocycles. The first-order valence-corrected chi connectivity index (χ1v) is 18.0. The van der Waals surface area contributed by atoms with Gasteiger partial charge in [-0.15, -0.1) is 0 Å². The molecule has 0 amide bonds. The fourth-order valence-electron chi connectivity index (χ4n) is 8.92. The minimum atomic E-state index is -1.57. The fraction of sp³-hybridized carbons (Fsp3) is 0.0400. The van der Waals surface area contributed by atoms with Gasteiger partial charge in [0.05, 0.1) is 0 Å². The molecule has 0 radical (unpaired) electrons. The molecule has 0 fully saturated rings. The topological polar surface area (TPSA) is 53.6 Å². The van der Waals surface area contributed by atoms with E-state index in [9.17, 15) is 10.2 Å². The van der Waals surface area contributed by atoms with Gasteiger partial charge in [0.25, 0.3) is 0 Å². The van der Waals surface area contributed by atoms with Gasteiger partial charge < -0.3 is 14.6 Å². The lowest BCUT2D eigenvalue weighted by Crippen LogP contribution is -2.44. The maximum Gasteiger partial charge on any atom is 0.141 e. The molecule has 0 bridgehead atoms. The van der Waals surface area contributed by atoms with Crippen LogP contribution in [0.5, 0.6) is 0 Å². The molecule has 3 nitrogen and oxygen atoms in total. The SMILES string of the molecule is OC1(c2ccc3ccccc3c2)c2ccccc2C(O)(c2ccc3ccccc3c2)c2cc(-c3ccc4oc5ccc6ccccc6c5c4c3)ccc21. The van der Waals surface area contributed by atoms with Crippen molar-refractivity contribution in [1.82, 2.24) is 0 Å². The summed E-state index contributed by atoms with van der Waals surface area (Å²) in [6, 6.07) is 61.6. The van der Waals surface area contributed by atoms with Crippen molar-refractivity contribution in [1.29, 1.82) is 0 Å². The van der Waals surface area contributed by atoms with Gasteiger partial charge in [0.1, 0.15) is 22.4 Å². The molecule has 3 heteroatoms. The highest BCUT2D eigenvalue weighted by atomic mass is 16.3. The highest BCUT2D eigenvalue weighted by Gasteiger charge is 2.51. The molecule has 53 heavy (non-hydrogen) atoms. The summed E-state index contributed by atoms with van der Waals surface area (Å²) in [7, 11) is 0. The number of fused-ring (bicyclic) bond motifs is 9. The molecule has 11 rings (SSSR count). The van der Waals surface area contributed by atoms with Crippen LogP contribution in [0.4, 0.5) is 0 Å². The Hall–Kier alpha value is -6.52. The van der Waals surface area contributed by atoms with E-state index in [1.54, 1.807) is 0 Å². The van der Waals surface area contributed by atoms with Crippen LogP contribution in [-0.4, -0.2) is 10.2 Å². The van der Waals surface area contributed by atoms with Crippen LogP contribution < -0.4 is 0 Å². The normalized spacial score (nSPS) is 18.2. The van der Waals surface area contributed by atoms with Crippen LogP contribution in [0.2, 0.25) is 0 Å². The molecule has 10 aromatic rings. The monoisotopic (exact) mass is 680 g/mol. The van der Waals surface area contributed by atoms with E-state index in [4.69, 9.17) is 4.42 Å². The first-order chi connectivity index (χ1) is 26.0. The van der Waals surface area contributed by atoms with Crippen LogP contribution in [0.25, 0.3) is 65.4 Å². The summed E-state index contributed by atoms with van der Waals surface area (Å²) in [5.74, 6) is 0. The second-order valence-corrected chi connectivity index (χ2v) is 14.3. The van der Waals surface area contributed by atoms with Gasteiger partial charge in [0, 0.05) is 10.8 Å². The highest BCUT2D eigenvalue weighted by Crippen LogP contribution is 2.54. The molecule has 2 atom stereocenters. The fourth-order valence-corrected chi connectivity index (χ4v) is 8.92. The highest BCUT2D eigenvalue weighted by molar-refractivity contribution is 6.19. The van der Waals surface area contributed by atoms with Crippen molar-refractivity contribution in [3.05, 3.63) is 215 Å². The molecule has 0 aliphatic heterocycles. The van der Waals surface area contributed by atoms with Gasteiger partial charge in [-0.3, -0.25) is 0 Å². The summed E-state index contributed by atoms with van der Waals surface area (Å²) in [6.07, 6.45) is 0. The molecular weight excluding hydrogens is 649 g/mol. The number of hydrogen-bond donors (Lipinski definition) is 2. The third-order valence-electron chi connectivity index (χ3n) is 11.5. The average molecular weight is 681 g/mol. The van der Waals surface area contributed by atoms with E-state index in [1.165, 1.54) is 0 Å². The minimum absolute atomic E-state index is 0.641. The van der Waals surface area contributed by atoms with Crippen LogP contribution in [0.15, 0.2) is 186 Å². The van der Waals surface area contributed by atoms with Crippen molar-refractivity contribution in [3.8, 4) is 11.1 Å². The number of aliphatic hydroxyl groups is 2. The summed E-state index contributed by atoms with van der Waals surface area (Å²) < 4.78 is 6.34. The minimum Gasteiger partial charge on any atom is -0.456 e. The Balaban J connectivity index is 1.19. The van der Waals surface area contributed by atoms with Crippen LogP contribution in [0.1, 0.15) is 33.4 Å². The van der Waals surface area contributed by atoms with Crippen molar-refractivity contribution in [3.63, 3.8) is 0 Å². The van der Waals surface area contributed by atoms with Crippen LogP contribution in [0, 0.1) is 0 Å². The molecule has 250 valence electrons. The Morgan fingerprint density at radius 2 is 0.830 bits per heavy atom. The van der Waals surface area contributed by atoms with Crippen molar-refractivity contribution < 1.29 is 14.6 Å². The zero-order valence-corrected chi connectivity index (χ0v) is 28.6. The van der Waals surface area contributed by atoms with E-state index in [2.05, 4.69) is 103 Å². The quantitative estimate of drug-likeness (QED) is 0.195. The number of benzene rings is 9. The summed E-state index contributed by atoms with van der Waals surface area (Å²) >= 11 is 0. The molecule has 2 N–H and O–H groups in total. The van der Waals surface area contributed by atoms with Gasteiger partial charge in [-0.1, -0.05) is 146 Å². The zero-order valence-electron chi connectivity index (χ0n) is 28.6. The predicted molar refractivity (Wildman–Crippen MR) is 215 cm³/mol. The van der Waals surface area contributed by atoms with Crippen LogP contribution in [-0.2, 0) is 11.2 Å². The van der Waals surface area contributed by atoms with Crippen molar-refractivity contribution in [2.24, 2.45) is 0 Å². The van der Waals surface area contributed by atoms with E-state index in [0.717, 1.165) is 76.5 Å². The Kier molecular flexibility index (Phi) is 6.25. The summed E-state index contributed by atoms with van der Waals surface area (Å²) in [6.45, 7) is 0. The first kappa shape index (κ1) is 30.1. The van der Waals surface area contributed by atoms with Gasteiger partial charge in [-0.05, 0) is 113 Å². The van der Waals surface area contributed by atoms with Crippen molar-refractivity contribution >= 4 is 54.3 Å². The number of hydrogen-bond acceptors (Lipinski definition) is 3. The standard InChI is InChI=1S/C50H32O3/c51-49(38-22-17-31-9-1-3-12-34(31)27-38)42-15-7-8-16-43(42)50(52,39-23-18-32-10-2-4-13-35(32)28-39)45-30-37(19-24-44(45)49)36-21-25-46-41(29-36)48-40-14-6-5-11-33(40)20-26-47(48)53-46/h1-30,51-52H. The molecule has 1 aliphatic rings. The van der Waals surface area contributed by atoms with Crippen LogP contribution >= 0.6 is 0 Å². The summed E-state index contributed by atoms with van der Waals surface area (Å²) in [5.41, 5.74) is 4.57. The molecule has 1 aliphatic carbocycles. The molecule has 1 aromatic heterocycles. The third-order valence-corrected chi connectivity index (χ3v) is 11.5. The van der Waals surface area contributed by atoms with Crippen molar-refractivity contribution in [2.45, 2.75) is 11.2 Å². The van der Waals surface area contributed by atoms with Crippen molar-refractivity contribution in [2.75, 3.05) is 0 Å². The molecule has 0 spiro atoms. The second-order valence-electron chi connectivity index (χ2n) is 14.3. The molecule has 9 aromatic carbocycles. The maximum atomic E-state index is 13.5. The first-order valence-electron chi connectivity index (χ1n) is 18.0. The molecular formula is C50H32O3. The molecule has 1 heterocycles.